The number of anilines is 3. The molecule has 2 aliphatic heterocycles. The van der Waals surface area contributed by atoms with Gasteiger partial charge in [0.25, 0.3) is 0 Å². The van der Waals surface area contributed by atoms with E-state index in [0.717, 1.165) is 86.2 Å². The zero-order valence-electron chi connectivity index (χ0n) is 67.4. The predicted octanol–water partition coefficient (Wildman–Crippen LogP) is 14.0. The van der Waals surface area contributed by atoms with Crippen molar-refractivity contribution in [2.75, 3.05) is 120 Å². The van der Waals surface area contributed by atoms with Gasteiger partial charge in [-0.15, -0.1) is 0 Å². The number of esters is 2. The number of ketones is 3. The number of ether oxygens (including phenoxy) is 8. The van der Waals surface area contributed by atoms with Gasteiger partial charge in [-0.05, 0) is 189 Å². The molecule has 2 aliphatic rings. The second kappa shape index (κ2) is 46.3. The maximum Gasteiger partial charge on any atom is 0.338 e. The molecule has 9 aromatic rings. The molecule has 0 bridgehead atoms. The van der Waals surface area contributed by atoms with Crippen molar-refractivity contribution in [3.8, 4) is 0 Å². The van der Waals surface area contributed by atoms with Crippen molar-refractivity contribution >= 4 is 76.2 Å². The number of carboxylic acid groups (broad SMARTS) is 1. The lowest BCUT2D eigenvalue weighted by Gasteiger charge is -2.22. The summed E-state index contributed by atoms with van der Waals surface area (Å²) in [4.78, 5) is 83.8. The summed E-state index contributed by atoms with van der Waals surface area (Å²) >= 11 is 0. The normalized spacial score (nSPS) is 14.2. The van der Waals surface area contributed by atoms with Crippen LogP contribution in [0.1, 0.15) is 151 Å². The number of carboxylic acids is 1. The number of carbonyl (C=O) groups excluding carboxylic acids is 5. The Bertz CT molecular complexity index is 4430. The molecule has 2 fully saturated rings. The number of benzene rings is 9. The number of rotatable bonds is 39. The molecule has 9 aromatic carbocycles. The second-order valence-electron chi connectivity index (χ2n) is 27.6. The third-order valence-corrected chi connectivity index (χ3v) is 21.5. The van der Waals surface area contributed by atoms with Crippen LogP contribution in [0.4, 0.5) is 17.1 Å². The molecule has 0 aromatic heterocycles. The van der Waals surface area contributed by atoms with Gasteiger partial charge in [-0.2, -0.15) is 0 Å². The molecule has 6 unspecified atom stereocenters. The molecule has 0 aliphatic carbocycles. The Labute approximate surface area is 672 Å². The molecular weight excluding hydrogens is 1460 g/mol. The minimum atomic E-state index is -1.16. The summed E-state index contributed by atoms with van der Waals surface area (Å²) in [5.41, 5.74) is 7.87. The van der Waals surface area contributed by atoms with Crippen LogP contribution in [0.2, 0.25) is 0 Å². The number of aryl methyl sites for hydroxylation is 3. The molecule has 11 rings (SSSR count). The molecule has 2 saturated heterocycles. The highest BCUT2D eigenvalue weighted by atomic mass is 31.1. The first-order valence-corrected chi connectivity index (χ1v) is 40.4. The number of aliphatic hydroxyl groups is 2. The summed E-state index contributed by atoms with van der Waals surface area (Å²) in [7, 11) is -0.446. The molecule has 0 spiro atoms. The first-order valence-electron chi connectivity index (χ1n) is 39.1. The van der Waals surface area contributed by atoms with E-state index in [4.69, 9.17) is 37.9 Å². The standard InChI is InChI=1S/C47H58N2O10.C19H21NO3.C18H15P.C9H16O4/c1-8-48(9-2)34-20-22-38(31(5)24-34)44(52)40-16-12-14-18-42(40)46(54)58-29-36(50)27-56-26-33(7)57-28-37(51)30-59-47(55)43-19-15-13-17-41(43)45(53)39-23-21-35(25-32(39)6)49(10-3)11-4;1-4-20(5-2)14-10-11-15(13(3)12-14)18(21)16-8-6-7-9-17(16)19(22)23;1-4-10-16(11-5-1)19(17-12-6-2-7-13-17)18-14-8-3-9-15-18;1-7(11-4-9-6-13-9)2-10-3-8-5-12-8/h12-25,33,36-37,50-51H,8-11,26-30H2,1-7H3;6-12H,4-5H2,1-3H3,(H,22,23);1-15H;7-9H,2-6H2,1H3. The van der Waals surface area contributed by atoms with Crippen LogP contribution in [0.5, 0.6) is 0 Å². The van der Waals surface area contributed by atoms with Crippen molar-refractivity contribution < 1.29 is 82.0 Å². The highest BCUT2D eigenvalue weighted by molar-refractivity contribution is 7.79. The van der Waals surface area contributed by atoms with Gasteiger partial charge in [0.2, 0.25) is 0 Å². The SMILES string of the molecule is CC(COCC1CO1)OCC1CO1.CCN(CC)c1ccc(C(=O)c2ccccc2C(=O)O)c(C)c1.CCN(CC)c1ccc(C(=O)c2ccccc2C(=O)OCC(O)COCC(C)OCC(O)COC(=O)c2ccccc2C(=O)c2ccc(N(CC)CC)cc2C)c(C)c1.c1ccc(P(c2ccccc2)c2ccccc2)cc1. The van der Waals surface area contributed by atoms with E-state index in [1.54, 1.807) is 79.7 Å². The molecule has 0 saturated carbocycles. The summed E-state index contributed by atoms with van der Waals surface area (Å²) in [6.07, 6.45) is -1.97. The van der Waals surface area contributed by atoms with Gasteiger partial charge in [-0.3, -0.25) is 14.4 Å². The minimum Gasteiger partial charge on any atom is -0.478 e. The van der Waals surface area contributed by atoms with Gasteiger partial charge in [0.05, 0.1) is 81.8 Å². The van der Waals surface area contributed by atoms with Gasteiger partial charge in [0.15, 0.2) is 17.3 Å². The first kappa shape index (κ1) is 89.5. The van der Waals surface area contributed by atoms with E-state index in [2.05, 4.69) is 147 Å². The topological polar surface area (TPSA) is 253 Å². The van der Waals surface area contributed by atoms with Crippen LogP contribution in [0.25, 0.3) is 0 Å². The Morgan fingerprint density at radius 3 is 1.03 bits per heavy atom. The number of hydrogen-bond donors (Lipinski definition) is 3. The van der Waals surface area contributed by atoms with E-state index in [1.807, 2.05) is 64.1 Å². The lowest BCUT2D eigenvalue weighted by molar-refractivity contribution is -0.0702. The van der Waals surface area contributed by atoms with Gasteiger partial charge in [0, 0.05) is 89.7 Å². The van der Waals surface area contributed by atoms with Crippen LogP contribution < -0.4 is 30.6 Å². The highest BCUT2D eigenvalue weighted by Crippen LogP contribution is 2.33. The average molecular weight is 1570 g/mol. The molecule has 0 radical (unpaired) electrons. The average Bonchev–Trinajstić information content (AvgIpc) is 1.31. The van der Waals surface area contributed by atoms with Crippen LogP contribution in [0, 0.1) is 20.8 Å². The Morgan fingerprint density at radius 2 is 0.684 bits per heavy atom. The Hall–Kier alpha value is -10.1. The van der Waals surface area contributed by atoms with Gasteiger partial charge in [-0.1, -0.05) is 146 Å². The summed E-state index contributed by atoms with van der Waals surface area (Å²) in [6.45, 7) is 29.6. The molecule has 21 heteroatoms. The Balaban J connectivity index is 0.000000235. The van der Waals surface area contributed by atoms with Crippen molar-refractivity contribution in [2.24, 2.45) is 0 Å². The van der Waals surface area contributed by atoms with E-state index in [9.17, 15) is 44.1 Å². The van der Waals surface area contributed by atoms with Crippen LogP contribution in [-0.2, 0) is 37.9 Å². The fourth-order valence-electron chi connectivity index (χ4n) is 12.6. The molecule has 2 heterocycles. The zero-order chi connectivity index (χ0) is 82.1. The lowest BCUT2D eigenvalue weighted by atomic mass is 9.95. The van der Waals surface area contributed by atoms with Gasteiger partial charge in [0.1, 0.15) is 37.6 Å². The molecule has 3 N–H and O–H groups in total. The number of aliphatic hydroxyl groups excluding tert-OH is 2. The van der Waals surface area contributed by atoms with E-state index in [-0.39, 0.29) is 89.9 Å². The predicted molar refractivity (Wildman–Crippen MR) is 450 cm³/mol. The van der Waals surface area contributed by atoms with Crippen LogP contribution in [-0.4, -0.2) is 193 Å². The molecule has 6 atom stereocenters. The molecular formula is C93H110N3O17P. The van der Waals surface area contributed by atoms with E-state index >= 15 is 0 Å². The minimum absolute atomic E-state index is 0.0321. The summed E-state index contributed by atoms with van der Waals surface area (Å²) in [5.74, 6) is -3.45. The fourth-order valence-corrected chi connectivity index (χ4v) is 14.9. The van der Waals surface area contributed by atoms with Crippen molar-refractivity contribution in [3.63, 3.8) is 0 Å². The maximum absolute atomic E-state index is 13.6. The number of epoxide rings is 2. The third kappa shape index (κ3) is 27.0. The van der Waals surface area contributed by atoms with Gasteiger partial charge < -0.3 is 67.9 Å². The highest BCUT2D eigenvalue weighted by Gasteiger charge is 2.28. The molecule has 604 valence electrons. The van der Waals surface area contributed by atoms with Crippen LogP contribution in [0.3, 0.4) is 0 Å². The van der Waals surface area contributed by atoms with E-state index in [1.165, 1.54) is 34.1 Å². The lowest BCUT2D eigenvalue weighted by Crippen LogP contribution is -2.29. The molecule has 114 heavy (non-hydrogen) atoms. The van der Waals surface area contributed by atoms with Crippen LogP contribution in [0.15, 0.2) is 218 Å². The fraction of sp³-hybridized carbons (Fsp3) is 0.355. The van der Waals surface area contributed by atoms with E-state index in [0.29, 0.717) is 48.7 Å². The third-order valence-electron chi connectivity index (χ3n) is 19.1. The van der Waals surface area contributed by atoms with Crippen molar-refractivity contribution in [1.29, 1.82) is 0 Å². The smallest absolute Gasteiger partial charge is 0.338 e. The van der Waals surface area contributed by atoms with Crippen LogP contribution >= 0.6 is 7.92 Å². The number of hydrogen-bond acceptors (Lipinski definition) is 19. The summed E-state index contributed by atoms with van der Waals surface area (Å²) in [5, 5.41) is 34.4. The quantitative estimate of drug-likeness (QED) is 0.0140. The monoisotopic (exact) mass is 1570 g/mol. The summed E-state index contributed by atoms with van der Waals surface area (Å²) < 4.78 is 42.8. The number of nitrogens with zero attached hydrogens (tertiary/aromatic N) is 3. The molecule has 0 amide bonds. The van der Waals surface area contributed by atoms with Crippen molar-refractivity contribution in [1.82, 2.24) is 0 Å². The zero-order valence-corrected chi connectivity index (χ0v) is 68.3. The van der Waals surface area contributed by atoms with Crippen molar-refractivity contribution in [2.45, 2.75) is 113 Å². The number of carbonyl (C=O) groups is 6. The van der Waals surface area contributed by atoms with E-state index < -0.39 is 44.1 Å². The summed E-state index contributed by atoms with van der Waals surface area (Å²) in [6, 6.07) is 68.4. The van der Waals surface area contributed by atoms with Crippen molar-refractivity contribution in [3.05, 3.63) is 285 Å². The Morgan fingerprint density at radius 1 is 0.377 bits per heavy atom. The first-order chi connectivity index (χ1) is 55.1. The van der Waals surface area contributed by atoms with Gasteiger partial charge >= 0.3 is 17.9 Å². The van der Waals surface area contributed by atoms with Gasteiger partial charge in [-0.25, -0.2) is 14.4 Å². The number of aromatic carboxylic acids is 1. The maximum atomic E-state index is 13.6. The molecule has 20 nitrogen and oxygen atoms in total. The second-order valence-corrected chi connectivity index (χ2v) is 29.8. The largest absolute Gasteiger partial charge is 0.478 e. The Kier molecular flexibility index (Phi) is 36.3.